The van der Waals surface area contributed by atoms with Gasteiger partial charge in [-0.1, -0.05) is 48.5 Å². The highest BCUT2D eigenvalue weighted by Crippen LogP contribution is 2.24. The van der Waals surface area contributed by atoms with Gasteiger partial charge in [-0.05, 0) is 29.8 Å². The minimum absolute atomic E-state index is 0.135. The van der Waals surface area contributed by atoms with Crippen LogP contribution in [0.1, 0.15) is 16.8 Å². The molecule has 6 heteroatoms. The lowest BCUT2D eigenvalue weighted by molar-refractivity contribution is -0.115. The zero-order valence-electron chi connectivity index (χ0n) is 16.6. The maximum absolute atomic E-state index is 12.5. The number of amides is 1. The molecule has 1 heterocycles. The molecule has 0 atom stereocenters. The Labute approximate surface area is 184 Å². The second-order valence-electron chi connectivity index (χ2n) is 6.86. The summed E-state index contributed by atoms with van der Waals surface area (Å²) in [7, 11) is 0. The highest BCUT2D eigenvalue weighted by molar-refractivity contribution is 7.13. The predicted molar refractivity (Wildman–Crippen MR) is 122 cm³/mol. The number of carbonyl (C=O) groups is 1. The molecule has 0 aliphatic carbocycles. The van der Waals surface area contributed by atoms with Crippen LogP contribution in [-0.4, -0.2) is 10.9 Å². The Bertz CT molecular complexity index is 1230. The molecule has 0 aliphatic heterocycles. The van der Waals surface area contributed by atoms with Gasteiger partial charge in [-0.15, -0.1) is 11.3 Å². The molecule has 0 unspecified atom stereocenters. The van der Waals surface area contributed by atoms with Gasteiger partial charge in [-0.3, -0.25) is 4.79 Å². The van der Waals surface area contributed by atoms with Crippen molar-refractivity contribution in [3.8, 4) is 22.4 Å². The van der Waals surface area contributed by atoms with E-state index in [-0.39, 0.29) is 12.3 Å². The van der Waals surface area contributed by atoms with Crippen LogP contribution in [0.2, 0.25) is 0 Å². The summed E-state index contributed by atoms with van der Waals surface area (Å²) in [5, 5.41) is 14.7. The Morgan fingerprint density at radius 3 is 2.71 bits per heavy atom. The Hall–Kier alpha value is -3.95. The molecule has 3 aromatic carbocycles. The van der Waals surface area contributed by atoms with Gasteiger partial charge in [-0.2, -0.15) is 5.26 Å². The summed E-state index contributed by atoms with van der Waals surface area (Å²) in [6.07, 6.45) is 0.204. The molecule has 5 nitrogen and oxygen atoms in total. The summed E-state index contributed by atoms with van der Waals surface area (Å²) in [5.74, 6) is 0.504. The van der Waals surface area contributed by atoms with Crippen molar-refractivity contribution in [3.05, 3.63) is 101 Å². The molecule has 0 fully saturated rings. The van der Waals surface area contributed by atoms with Crippen molar-refractivity contribution in [3.63, 3.8) is 0 Å². The number of hydrogen-bond donors (Lipinski definition) is 1. The minimum Gasteiger partial charge on any atom is -0.489 e. The topological polar surface area (TPSA) is 75.0 Å². The van der Waals surface area contributed by atoms with Crippen molar-refractivity contribution in [1.82, 2.24) is 4.98 Å². The molecule has 0 spiro atoms. The maximum atomic E-state index is 12.5. The average molecular weight is 426 g/mol. The molecule has 0 bridgehead atoms. The molecular weight excluding hydrogens is 406 g/mol. The molecular formula is C25H19N3O2S. The summed E-state index contributed by atoms with van der Waals surface area (Å²) in [6, 6.07) is 26.6. The number of rotatable bonds is 7. The van der Waals surface area contributed by atoms with E-state index in [1.54, 1.807) is 18.2 Å². The second-order valence-corrected chi connectivity index (χ2v) is 7.72. The van der Waals surface area contributed by atoms with Gasteiger partial charge in [0.1, 0.15) is 17.4 Å². The van der Waals surface area contributed by atoms with Crippen LogP contribution in [-0.2, 0) is 17.8 Å². The molecule has 31 heavy (non-hydrogen) atoms. The van der Waals surface area contributed by atoms with Crippen LogP contribution in [0.4, 0.5) is 5.69 Å². The van der Waals surface area contributed by atoms with Crippen molar-refractivity contribution < 1.29 is 9.53 Å². The highest BCUT2D eigenvalue weighted by atomic mass is 32.1. The first-order valence-electron chi connectivity index (χ1n) is 9.71. The Balaban J connectivity index is 1.35. The molecule has 1 aromatic heterocycles. The SMILES string of the molecule is N#Cc1cccc(COc2cccc(NC(=O)Cc3csc(-c4ccccc4)n3)c2)c1. The first kappa shape index (κ1) is 20.3. The second kappa shape index (κ2) is 9.70. The van der Waals surface area contributed by atoms with Gasteiger partial charge >= 0.3 is 0 Å². The number of benzene rings is 3. The highest BCUT2D eigenvalue weighted by Gasteiger charge is 2.10. The van der Waals surface area contributed by atoms with Gasteiger partial charge in [0.2, 0.25) is 5.91 Å². The molecule has 0 aliphatic rings. The number of thiazole rings is 1. The predicted octanol–water partition coefficient (Wildman–Crippen LogP) is 5.44. The van der Waals surface area contributed by atoms with E-state index < -0.39 is 0 Å². The molecule has 0 saturated heterocycles. The Kier molecular flexibility index (Phi) is 6.36. The number of nitrogens with one attached hydrogen (secondary N) is 1. The quantitative estimate of drug-likeness (QED) is 0.428. The van der Waals surface area contributed by atoms with Crippen molar-refractivity contribution in [2.24, 2.45) is 0 Å². The van der Waals surface area contributed by atoms with Gasteiger partial charge < -0.3 is 10.1 Å². The lowest BCUT2D eigenvalue weighted by Gasteiger charge is -2.09. The van der Waals surface area contributed by atoms with E-state index in [0.717, 1.165) is 21.8 Å². The number of nitriles is 1. The van der Waals surface area contributed by atoms with Crippen LogP contribution < -0.4 is 10.1 Å². The number of nitrogens with zero attached hydrogens (tertiary/aromatic N) is 2. The van der Waals surface area contributed by atoms with Gasteiger partial charge in [0.05, 0.1) is 23.7 Å². The normalized spacial score (nSPS) is 10.3. The van der Waals surface area contributed by atoms with Crippen LogP contribution in [0, 0.1) is 11.3 Å². The summed E-state index contributed by atoms with van der Waals surface area (Å²) in [6.45, 7) is 0.341. The zero-order valence-corrected chi connectivity index (χ0v) is 17.4. The fourth-order valence-electron chi connectivity index (χ4n) is 3.03. The van der Waals surface area contributed by atoms with E-state index in [1.807, 2.05) is 66.0 Å². The van der Waals surface area contributed by atoms with Crippen molar-refractivity contribution in [2.45, 2.75) is 13.0 Å². The number of anilines is 1. The lowest BCUT2D eigenvalue weighted by Crippen LogP contribution is -2.14. The number of aromatic nitrogens is 1. The molecule has 1 amide bonds. The fourth-order valence-corrected chi connectivity index (χ4v) is 3.86. The summed E-state index contributed by atoms with van der Waals surface area (Å²) < 4.78 is 5.81. The summed E-state index contributed by atoms with van der Waals surface area (Å²) in [4.78, 5) is 17.0. The van der Waals surface area contributed by atoms with Gasteiger partial charge in [0.25, 0.3) is 0 Å². The Morgan fingerprint density at radius 2 is 1.87 bits per heavy atom. The molecule has 1 N–H and O–H groups in total. The third-order valence-corrected chi connectivity index (χ3v) is 5.43. The lowest BCUT2D eigenvalue weighted by atomic mass is 10.1. The van der Waals surface area contributed by atoms with Gasteiger partial charge in [0, 0.05) is 22.7 Å². The third-order valence-electron chi connectivity index (χ3n) is 4.49. The minimum atomic E-state index is -0.135. The van der Waals surface area contributed by atoms with Crippen LogP contribution in [0.25, 0.3) is 10.6 Å². The van der Waals surface area contributed by atoms with Crippen molar-refractivity contribution in [2.75, 3.05) is 5.32 Å². The van der Waals surface area contributed by atoms with E-state index in [2.05, 4.69) is 16.4 Å². The number of carbonyl (C=O) groups excluding carboxylic acids is 1. The van der Waals surface area contributed by atoms with Crippen molar-refractivity contribution in [1.29, 1.82) is 5.26 Å². The molecule has 0 radical (unpaired) electrons. The van der Waals surface area contributed by atoms with E-state index in [1.165, 1.54) is 11.3 Å². The maximum Gasteiger partial charge on any atom is 0.230 e. The first-order valence-corrected chi connectivity index (χ1v) is 10.6. The molecule has 4 aromatic rings. The summed E-state index contributed by atoms with van der Waals surface area (Å²) in [5.41, 5.74) is 3.95. The molecule has 152 valence electrons. The smallest absolute Gasteiger partial charge is 0.230 e. The largest absolute Gasteiger partial charge is 0.489 e. The molecule has 0 saturated carbocycles. The van der Waals surface area contributed by atoms with Gasteiger partial charge in [0.15, 0.2) is 0 Å². The van der Waals surface area contributed by atoms with Gasteiger partial charge in [-0.25, -0.2) is 4.98 Å². The average Bonchev–Trinajstić information content (AvgIpc) is 3.27. The van der Waals surface area contributed by atoms with E-state index >= 15 is 0 Å². The number of ether oxygens (including phenoxy) is 1. The zero-order chi connectivity index (χ0) is 21.5. The van der Waals surface area contributed by atoms with E-state index in [9.17, 15) is 4.79 Å². The number of hydrogen-bond acceptors (Lipinski definition) is 5. The fraction of sp³-hybridized carbons (Fsp3) is 0.0800. The third kappa shape index (κ3) is 5.56. The van der Waals surface area contributed by atoms with Crippen LogP contribution >= 0.6 is 11.3 Å². The summed E-state index contributed by atoms with van der Waals surface area (Å²) >= 11 is 1.53. The first-order chi connectivity index (χ1) is 15.2. The van der Waals surface area contributed by atoms with E-state index in [0.29, 0.717) is 23.6 Å². The molecule has 4 rings (SSSR count). The Morgan fingerprint density at radius 1 is 1.03 bits per heavy atom. The van der Waals surface area contributed by atoms with Crippen LogP contribution in [0.15, 0.2) is 84.2 Å². The standard InChI is InChI=1S/C25H19N3O2S/c26-15-18-6-4-7-19(12-18)16-30-23-11-5-10-21(13-23)27-24(29)14-22-17-31-25(28-22)20-8-2-1-3-9-20/h1-13,17H,14,16H2,(H,27,29). The van der Waals surface area contributed by atoms with E-state index in [4.69, 9.17) is 10.00 Å². The monoisotopic (exact) mass is 425 g/mol. The van der Waals surface area contributed by atoms with Crippen LogP contribution in [0.5, 0.6) is 5.75 Å². The van der Waals surface area contributed by atoms with Crippen molar-refractivity contribution >= 4 is 22.9 Å². The van der Waals surface area contributed by atoms with Crippen LogP contribution in [0.3, 0.4) is 0 Å².